The number of rotatable bonds is 23. The Kier molecular flexibility index (Phi) is 18.6. The van der Waals surface area contributed by atoms with E-state index in [1.165, 1.54) is 24.3 Å². The molecular weight excluding hydrogens is 642 g/mol. The molecule has 1 N–H and O–H groups in total. The van der Waals surface area contributed by atoms with Gasteiger partial charge in [0.15, 0.2) is 0 Å². The Morgan fingerprint density at radius 3 is 1.62 bits per heavy atom. The van der Waals surface area contributed by atoms with Crippen molar-refractivity contribution in [1.29, 1.82) is 0 Å². The summed E-state index contributed by atoms with van der Waals surface area (Å²) in [4.78, 5) is 57.1. The molecule has 0 radical (unpaired) electrons. The first-order valence-electron chi connectivity index (χ1n) is 14.4. The summed E-state index contributed by atoms with van der Waals surface area (Å²) in [7, 11) is 0. The number of terminal acetylenes is 1. The molecule has 18 nitrogen and oxygen atoms in total. The Morgan fingerprint density at radius 2 is 1.15 bits per heavy atom. The number of nitro groups is 2. The summed E-state index contributed by atoms with van der Waals surface area (Å²) in [5, 5.41) is 24.2. The van der Waals surface area contributed by atoms with Crippen molar-refractivity contribution in [1.82, 2.24) is 5.32 Å². The number of nitrogens with zero attached hydrogens (tertiary/aromatic N) is 2. The highest BCUT2D eigenvalue weighted by Crippen LogP contribution is 2.19. The van der Waals surface area contributed by atoms with E-state index in [-0.39, 0.29) is 75.4 Å². The molecule has 260 valence electrons. The lowest BCUT2D eigenvalue weighted by atomic mass is 10.2. The lowest BCUT2D eigenvalue weighted by Gasteiger charge is -2.18. The van der Waals surface area contributed by atoms with E-state index < -0.39 is 34.1 Å². The molecule has 0 saturated carbocycles. The van der Waals surface area contributed by atoms with Gasteiger partial charge in [0.25, 0.3) is 11.4 Å². The third kappa shape index (κ3) is 17.4. The van der Waals surface area contributed by atoms with Crippen LogP contribution in [0.5, 0.6) is 11.5 Å². The van der Waals surface area contributed by atoms with Crippen molar-refractivity contribution in [2.24, 2.45) is 0 Å². The van der Waals surface area contributed by atoms with Crippen LogP contribution < -0.4 is 14.8 Å². The Bertz CT molecular complexity index is 1350. The number of ether oxygens (including phenoxy) is 8. The van der Waals surface area contributed by atoms with E-state index in [4.69, 9.17) is 44.3 Å². The van der Waals surface area contributed by atoms with Gasteiger partial charge in [-0.05, 0) is 24.3 Å². The van der Waals surface area contributed by atoms with Crippen LogP contribution in [-0.2, 0) is 33.2 Å². The van der Waals surface area contributed by atoms with Gasteiger partial charge in [-0.2, -0.15) is 0 Å². The maximum Gasteiger partial charge on any atom is 0.513 e. The second-order valence-corrected chi connectivity index (χ2v) is 9.26. The highest BCUT2D eigenvalue weighted by Gasteiger charge is 2.18. The third-order valence-corrected chi connectivity index (χ3v) is 5.73. The van der Waals surface area contributed by atoms with Gasteiger partial charge >= 0.3 is 12.3 Å². The van der Waals surface area contributed by atoms with Crippen LogP contribution in [0, 0.1) is 32.6 Å². The predicted octanol–water partition coefficient (Wildman–Crippen LogP) is 3.20. The van der Waals surface area contributed by atoms with Gasteiger partial charge in [0.1, 0.15) is 24.7 Å². The molecular formula is C30H35N3O15. The largest absolute Gasteiger partial charge is 0.513 e. The molecule has 0 aliphatic rings. The summed E-state index contributed by atoms with van der Waals surface area (Å²) >= 11 is 0. The van der Waals surface area contributed by atoms with Crippen LogP contribution in [0.4, 0.5) is 21.0 Å². The Labute approximate surface area is 274 Å². The van der Waals surface area contributed by atoms with Gasteiger partial charge in [-0.25, -0.2) is 9.59 Å². The molecule has 0 saturated heterocycles. The minimum atomic E-state index is -1.15. The fourth-order valence-corrected chi connectivity index (χ4v) is 3.43. The zero-order valence-electron chi connectivity index (χ0n) is 25.8. The lowest BCUT2D eigenvalue weighted by Crippen LogP contribution is -2.40. The summed E-state index contributed by atoms with van der Waals surface area (Å²) in [6.45, 7) is 1.62. The lowest BCUT2D eigenvalue weighted by molar-refractivity contribution is -0.385. The van der Waals surface area contributed by atoms with Crippen molar-refractivity contribution < 1.29 is 62.1 Å². The zero-order chi connectivity index (χ0) is 35.0. The molecule has 2 aromatic carbocycles. The van der Waals surface area contributed by atoms with Crippen LogP contribution in [0.2, 0.25) is 0 Å². The summed E-state index contributed by atoms with van der Waals surface area (Å²) in [5.74, 6) is 1.89. The van der Waals surface area contributed by atoms with Crippen molar-refractivity contribution in [2.45, 2.75) is 18.9 Å². The smallest absolute Gasteiger partial charge is 0.434 e. The van der Waals surface area contributed by atoms with E-state index in [0.29, 0.717) is 26.4 Å². The maximum atomic E-state index is 12.5. The van der Waals surface area contributed by atoms with Gasteiger partial charge in [-0.1, -0.05) is 5.92 Å². The highest BCUT2D eigenvalue weighted by atomic mass is 16.7. The average Bonchev–Trinajstić information content (AvgIpc) is 3.06. The van der Waals surface area contributed by atoms with Crippen molar-refractivity contribution in [3.8, 4) is 23.8 Å². The van der Waals surface area contributed by atoms with Gasteiger partial charge in [0.05, 0.1) is 68.7 Å². The number of hydrogen-bond donors (Lipinski definition) is 1. The van der Waals surface area contributed by atoms with Gasteiger partial charge in [0, 0.05) is 37.1 Å². The summed E-state index contributed by atoms with van der Waals surface area (Å²) in [5.41, 5.74) is -0.396. The maximum absolute atomic E-state index is 12.5. The third-order valence-electron chi connectivity index (χ3n) is 5.73. The number of carbonyl (C=O) groups is 3. The molecule has 0 aliphatic carbocycles. The molecule has 18 heteroatoms. The predicted molar refractivity (Wildman–Crippen MR) is 163 cm³/mol. The van der Waals surface area contributed by atoms with E-state index in [1.54, 1.807) is 0 Å². The number of benzene rings is 2. The van der Waals surface area contributed by atoms with Gasteiger partial charge in [0.2, 0.25) is 5.91 Å². The van der Waals surface area contributed by atoms with E-state index in [9.17, 15) is 34.6 Å². The molecule has 0 aliphatic heterocycles. The fourth-order valence-electron chi connectivity index (χ4n) is 3.43. The van der Waals surface area contributed by atoms with E-state index in [0.717, 1.165) is 24.3 Å². The number of nitro benzene ring substituents is 2. The number of amides is 1. The number of carbonyl (C=O) groups excluding carboxylic acids is 3. The molecule has 2 aromatic rings. The minimum absolute atomic E-state index is 0.00799. The molecule has 48 heavy (non-hydrogen) atoms. The molecule has 0 unspecified atom stereocenters. The van der Waals surface area contributed by atoms with Gasteiger partial charge in [-0.3, -0.25) is 25.0 Å². The Balaban J connectivity index is 1.75. The monoisotopic (exact) mass is 677 g/mol. The van der Waals surface area contributed by atoms with E-state index in [1.807, 2.05) is 0 Å². The number of nitrogens with one attached hydrogen (secondary N) is 1. The summed E-state index contributed by atoms with van der Waals surface area (Å²) in [6.07, 6.45) is 2.75. The second-order valence-electron chi connectivity index (χ2n) is 9.26. The minimum Gasteiger partial charge on any atom is -0.434 e. The number of non-ortho nitro benzene ring substituents is 2. The topological polar surface area (TPSA) is 223 Å². The average molecular weight is 678 g/mol. The van der Waals surface area contributed by atoms with Crippen LogP contribution in [0.1, 0.15) is 12.8 Å². The molecule has 0 heterocycles. The van der Waals surface area contributed by atoms with Gasteiger partial charge in [-0.15, -0.1) is 6.42 Å². The van der Waals surface area contributed by atoms with Crippen molar-refractivity contribution in [3.05, 3.63) is 68.8 Å². The van der Waals surface area contributed by atoms with Crippen LogP contribution in [0.15, 0.2) is 48.5 Å². The van der Waals surface area contributed by atoms with E-state index in [2.05, 4.69) is 11.2 Å². The Morgan fingerprint density at radius 1 is 0.688 bits per heavy atom. The number of hydrogen-bond acceptors (Lipinski definition) is 15. The molecule has 0 bridgehead atoms. The first-order valence-corrected chi connectivity index (χ1v) is 14.4. The quantitative estimate of drug-likeness (QED) is 0.0445. The summed E-state index contributed by atoms with van der Waals surface area (Å²) in [6, 6.07) is 8.60. The van der Waals surface area contributed by atoms with Crippen LogP contribution in [-0.4, -0.2) is 100 Å². The normalized spacial score (nSPS) is 11.1. The SMILES string of the molecule is C#CCOCCOCCOCCOCCC(=O)N[C@@H](CCOC(=O)Oc1ccc([N+](=O)[O-])cc1)COC(=O)Oc1ccc([N+](=O)[O-])cc1. The van der Waals surface area contributed by atoms with Crippen molar-refractivity contribution in [3.63, 3.8) is 0 Å². The molecule has 1 amide bonds. The zero-order valence-corrected chi connectivity index (χ0v) is 25.8. The molecule has 2 rings (SSSR count). The van der Waals surface area contributed by atoms with Crippen LogP contribution in [0.25, 0.3) is 0 Å². The second kappa shape index (κ2) is 23.0. The first-order chi connectivity index (χ1) is 23.2. The standard InChI is InChI=1S/C30H35N3O15/c1-2-13-41-16-18-43-20-21-44-19-17-42-14-12-28(34)31-23(22-46-30(36)48-27-9-5-25(6-10-27)33(39)40)11-15-45-29(35)47-26-7-3-24(4-8-26)32(37)38/h1,3-10,23H,11-22H2,(H,31,34)/t23-/m0/s1. The molecule has 0 spiro atoms. The van der Waals surface area contributed by atoms with Crippen LogP contribution >= 0.6 is 0 Å². The van der Waals surface area contributed by atoms with Crippen LogP contribution in [0.3, 0.4) is 0 Å². The van der Waals surface area contributed by atoms with Gasteiger partial charge < -0.3 is 43.2 Å². The summed E-state index contributed by atoms with van der Waals surface area (Å²) < 4.78 is 41.2. The van der Waals surface area contributed by atoms with Crippen molar-refractivity contribution in [2.75, 3.05) is 66.1 Å². The Hall–Kier alpha value is -5.35. The molecule has 1 atom stereocenters. The van der Waals surface area contributed by atoms with E-state index >= 15 is 0 Å². The molecule has 0 aromatic heterocycles. The highest BCUT2D eigenvalue weighted by molar-refractivity contribution is 5.76. The fraction of sp³-hybridized carbons (Fsp3) is 0.433. The van der Waals surface area contributed by atoms with Crippen molar-refractivity contribution >= 4 is 29.6 Å². The molecule has 0 fully saturated rings. The first kappa shape index (κ1) is 38.8.